The van der Waals surface area contributed by atoms with Crippen molar-refractivity contribution in [2.45, 2.75) is 31.7 Å². The van der Waals surface area contributed by atoms with Gasteiger partial charge in [-0.1, -0.05) is 0 Å². The number of nitrogens with zero attached hydrogens (tertiary/aromatic N) is 1. The van der Waals surface area contributed by atoms with Crippen molar-refractivity contribution in [2.75, 3.05) is 13.1 Å². The molecule has 4 N–H and O–H groups in total. The number of nitrogens with two attached hydrogens (primary N) is 2. The second-order valence-corrected chi connectivity index (χ2v) is 3.64. The molecule has 1 fully saturated rings. The normalized spacial score (nSPS) is 22.5. The van der Waals surface area contributed by atoms with E-state index in [2.05, 4.69) is 0 Å². The number of likely N-dealkylation sites (tertiary alicyclic amines) is 1. The number of hydrogen-bond donors (Lipinski definition) is 2. The summed E-state index contributed by atoms with van der Waals surface area (Å²) in [6.45, 7) is 1.35. The predicted molar refractivity (Wildman–Crippen MR) is 52.2 cm³/mol. The topological polar surface area (TPSA) is 89.4 Å². The van der Waals surface area contributed by atoms with Crippen LogP contribution in [0.2, 0.25) is 0 Å². The summed E-state index contributed by atoms with van der Waals surface area (Å²) in [5, 5.41) is 0. The second-order valence-electron chi connectivity index (χ2n) is 3.64. The van der Waals surface area contributed by atoms with Crippen LogP contribution in [0.5, 0.6) is 0 Å². The van der Waals surface area contributed by atoms with Gasteiger partial charge in [0.05, 0.1) is 6.04 Å². The third-order valence-corrected chi connectivity index (χ3v) is 2.42. The molecule has 1 unspecified atom stereocenters. The molecule has 80 valence electrons. The fourth-order valence-corrected chi connectivity index (χ4v) is 1.64. The largest absolute Gasteiger partial charge is 0.370 e. The van der Waals surface area contributed by atoms with E-state index < -0.39 is 0 Å². The van der Waals surface area contributed by atoms with Crippen LogP contribution in [0.3, 0.4) is 0 Å². The lowest BCUT2D eigenvalue weighted by atomic mass is 10.1. The van der Waals surface area contributed by atoms with Crippen LogP contribution in [-0.4, -0.2) is 35.8 Å². The maximum atomic E-state index is 11.5. The minimum atomic E-state index is -0.350. The molecule has 14 heavy (non-hydrogen) atoms. The lowest BCUT2D eigenvalue weighted by molar-refractivity contribution is -0.135. The maximum Gasteiger partial charge on any atom is 0.239 e. The van der Waals surface area contributed by atoms with Gasteiger partial charge in [-0.15, -0.1) is 0 Å². The number of rotatable bonds is 4. The highest BCUT2D eigenvalue weighted by Gasteiger charge is 2.24. The van der Waals surface area contributed by atoms with E-state index in [1.807, 2.05) is 0 Å². The van der Waals surface area contributed by atoms with Gasteiger partial charge >= 0.3 is 0 Å². The molecule has 1 saturated heterocycles. The van der Waals surface area contributed by atoms with Crippen LogP contribution in [0.25, 0.3) is 0 Å². The van der Waals surface area contributed by atoms with Crippen molar-refractivity contribution in [3.05, 3.63) is 0 Å². The molecule has 2 amide bonds. The highest BCUT2D eigenvalue weighted by Crippen LogP contribution is 2.10. The summed E-state index contributed by atoms with van der Waals surface area (Å²) in [6.07, 6.45) is 2.68. The molecule has 0 aromatic carbocycles. The summed E-state index contributed by atoms with van der Waals surface area (Å²) in [5.74, 6) is -0.320. The summed E-state index contributed by atoms with van der Waals surface area (Å²) in [7, 11) is 0. The first-order chi connectivity index (χ1) is 6.61. The molecule has 0 aliphatic carbocycles. The van der Waals surface area contributed by atoms with Gasteiger partial charge in [-0.3, -0.25) is 9.59 Å². The van der Waals surface area contributed by atoms with Gasteiger partial charge in [-0.2, -0.15) is 0 Å². The molecule has 1 aliphatic heterocycles. The average molecular weight is 199 g/mol. The highest BCUT2D eigenvalue weighted by molar-refractivity contribution is 5.82. The lowest BCUT2D eigenvalue weighted by Crippen LogP contribution is -2.48. The molecule has 0 aromatic rings. The monoisotopic (exact) mass is 199 g/mol. The van der Waals surface area contributed by atoms with E-state index in [0.29, 0.717) is 19.4 Å². The van der Waals surface area contributed by atoms with Gasteiger partial charge in [-0.25, -0.2) is 0 Å². The molecule has 0 radical (unpaired) electrons. The molecule has 0 bridgehead atoms. The predicted octanol–water partition coefficient (Wildman–Crippen LogP) is -0.798. The Hall–Kier alpha value is -1.10. The van der Waals surface area contributed by atoms with E-state index in [-0.39, 0.29) is 17.9 Å². The zero-order valence-corrected chi connectivity index (χ0v) is 8.24. The molecule has 1 aliphatic rings. The molecule has 5 heteroatoms. The quantitative estimate of drug-likeness (QED) is 0.621. The molecule has 0 saturated carbocycles. The van der Waals surface area contributed by atoms with Gasteiger partial charge in [0.25, 0.3) is 0 Å². The van der Waals surface area contributed by atoms with E-state index in [1.165, 1.54) is 0 Å². The highest BCUT2D eigenvalue weighted by atomic mass is 16.2. The SMILES string of the molecule is NC(=O)CCCN1CCCC(N)C1=O. The Labute approximate surface area is 83.4 Å². The Morgan fingerprint density at radius 1 is 1.57 bits per heavy atom. The van der Waals surface area contributed by atoms with E-state index in [4.69, 9.17) is 11.5 Å². The Morgan fingerprint density at radius 2 is 2.29 bits per heavy atom. The van der Waals surface area contributed by atoms with Crippen molar-refractivity contribution in [2.24, 2.45) is 11.5 Å². The van der Waals surface area contributed by atoms with Crippen LogP contribution in [0.1, 0.15) is 25.7 Å². The minimum Gasteiger partial charge on any atom is -0.370 e. The van der Waals surface area contributed by atoms with Crippen LogP contribution in [0.4, 0.5) is 0 Å². The fourth-order valence-electron chi connectivity index (χ4n) is 1.64. The molecular weight excluding hydrogens is 182 g/mol. The summed E-state index contributed by atoms with van der Waals surface area (Å²) in [5.41, 5.74) is 10.6. The average Bonchev–Trinajstić information content (AvgIpc) is 2.12. The van der Waals surface area contributed by atoms with Gasteiger partial charge < -0.3 is 16.4 Å². The number of primary amides is 1. The standard InChI is InChI=1S/C9H17N3O2/c10-7-3-1-5-12(9(7)14)6-2-4-8(11)13/h7H,1-6,10H2,(H2,11,13). The molecule has 1 rings (SSSR count). The van der Waals surface area contributed by atoms with Crippen molar-refractivity contribution in [1.82, 2.24) is 4.90 Å². The minimum absolute atomic E-state index is 0.000667. The molecule has 1 atom stereocenters. The fraction of sp³-hybridized carbons (Fsp3) is 0.778. The number of carbonyl (C=O) groups excluding carboxylic acids is 2. The second kappa shape index (κ2) is 4.95. The zero-order chi connectivity index (χ0) is 10.6. The third-order valence-electron chi connectivity index (χ3n) is 2.42. The van der Waals surface area contributed by atoms with E-state index in [1.54, 1.807) is 4.90 Å². The zero-order valence-electron chi connectivity index (χ0n) is 8.24. The number of carbonyl (C=O) groups is 2. The smallest absolute Gasteiger partial charge is 0.239 e. The summed E-state index contributed by atoms with van der Waals surface area (Å²) >= 11 is 0. The summed E-state index contributed by atoms with van der Waals surface area (Å²) in [4.78, 5) is 23.7. The van der Waals surface area contributed by atoms with Gasteiger partial charge in [0.2, 0.25) is 11.8 Å². The van der Waals surface area contributed by atoms with Crippen molar-refractivity contribution in [3.63, 3.8) is 0 Å². The van der Waals surface area contributed by atoms with Crippen molar-refractivity contribution in [3.8, 4) is 0 Å². The summed E-state index contributed by atoms with van der Waals surface area (Å²) in [6, 6.07) is -0.350. The number of hydrogen-bond acceptors (Lipinski definition) is 3. The molecule has 0 aromatic heterocycles. The molecule has 5 nitrogen and oxygen atoms in total. The van der Waals surface area contributed by atoms with Crippen molar-refractivity contribution in [1.29, 1.82) is 0 Å². The molecule has 1 heterocycles. The van der Waals surface area contributed by atoms with Crippen LogP contribution < -0.4 is 11.5 Å². The lowest BCUT2D eigenvalue weighted by Gasteiger charge is -2.30. The Balaban J connectivity index is 2.29. The van der Waals surface area contributed by atoms with Gasteiger partial charge in [0, 0.05) is 19.5 Å². The van der Waals surface area contributed by atoms with Crippen molar-refractivity contribution < 1.29 is 9.59 Å². The van der Waals surface area contributed by atoms with Crippen LogP contribution in [-0.2, 0) is 9.59 Å². The van der Waals surface area contributed by atoms with Crippen LogP contribution in [0.15, 0.2) is 0 Å². The van der Waals surface area contributed by atoms with Crippen molar-refractivity contribution >= 4 is 11.8 Å². The van der Waals surface area contributed by atoms with Gasteiger partial charge in [0.15, 0.2) is 0 Å². The Kier molecular flexibility index (Phi) is 3.88. The maximum absolute atomic E-state index is 11.5. The molecule has 0 spiro atoms. The summed E-state index contributed by atoms with van der Waals surface area (Å²) < 4.78 is 0. The van der Waals surface area contributed by atoms with Gasteiger partial charge in [-0.05, 0) is 19.3 Å². The number of amides is 2. The third kappa shape index (κ3) is 2.99. The van der Waals surface area contributed by atoms with Crippen LogP contribution >= 0.6 is 0 Å². The van der Waals surface area contributed by atoms with E-state index in [0.717, 1.165) is 19.4 Å². The van der Waals surface area contributed by atoms with Gasteiger partial charge in [0.1, 0.15) is 0 Å². The first kappa shape index (κ1) is 11.0. The number of piperidine rings is 1. The van der Waals surface area contributed by atoms with E-state index in [9.17, 15) is 9.59 Å². The Bertz CT molecular complexity index is 230. The van der Waals surface area contributed by atoms with E-state index >= 15 is 0 Å². The first-order valence-electron chi connectivity index (χ1n) is 4.94. The first-order valence-corrected chi connectivity index (χ1v) is 4.94. The molecular formula is C9H17N3O2. The Morgan fingerprint density at radius 3 is 2.93 bits per heavy atom. The van der Waals surface area contributed by atoms with Crippen LogP contribution in [0, 0.1) is 0 Å².